The Bertz CT molecular complexity index is 220. The van der Waals surface area contributed by atoms with E-state index < -0.39 is 0 Å². The molecule has 1 N–H and O–H groups in total. The summed E-state index contributed by atoms with van der Waals surface area (Å²) in [4.78, 5) is 3.92. The minimum Gasteiger partial charge on any atom is -0.389 e. The van der Waals surface area contributed by atoms with E-state index in [0.717, 1.165) is 11.1 Å². The Kier molecular flexibility index (Phi) is 2.02. The van der Waals surface area contributed by atoms with Crippen LogP contribution in [0.1, 0.15) is 24.2 Å². The number of aliphatic hydroxyl groups is 1. The van der Waals surface area contributed by atoms with E-state index in [-0.39, 0.29) is 6.10 Å². The molecule has 0 aliphatic rings. The highest BCUT2D eigenvalue weighted by molar-refractivity contribution is 5.23. The van der Waals surface area contributed by atoms with Gasteiger partial charge in [0.1, 0.15) is 0 Å². The molecular formula is C8H11NO. The zero-order valence-electron chi connectivity index (χ0n) is 6.20. The van der Waals surface area contributed by atoms with E-state index in [0.29, 0.717) is 0 Å². The average Bonchev–Trinajstić information content (AvgIpc) is 1.88. The van der Waals surface area contributed by atoms with Crippen LogP contribution in [0.4, 0.5) is 0 Å². The van der Waals surface area contributed by atoms with E-state index in [1.54, 1.807) is 19.3 Å². The Balaban J connectivity index is 3.03. The molecule has 0 saturated carbocycles. The first kappa shape index (κ1) is 7.22. The molecule has 0 aliphatic heterocycles. The molecule has 54 valence electrons. The number of pyridine rings is 1. The molecule has 2 heteroatoms. The van der Waals surface area contributed by atoms with Gasteiger partial charge in [0.05, 0.1) is 6.10 Å². The van der Waals surface area contributed by atoms with Crippen LogP contribution in [0.5, 0.6) is 0 Å². The molecule has 1 atom stereocenters. The van der Waals surface area contributed by atoms with Gasteiger partial charge in [-0.2, -0.15) is 0 Å². The number of rotatable bonds is 1. The third kappa shape index (κ3) is 1.33. The standard InChI is InChI=1S/C8H11NO/c1-6-5-9-4-3-8(6)7(2)10/h3-5,7,10H,1-2H3. The van der Waals surface area contributed by atoms with Gasteiger partial charge in [0.15, 0.2) is 0 Å². The van der Waals surface area contributed by atoms with Gasteiger partial charge in [0, 0.05) is 12.4 Å². The van der Waals surface area contributed by atoms with Gasteiger partial charge in [-0.1, -0.05) is 0 Å². The molecule has 1 rings (SSSR count). The van der Waals surface area contributed by atoms with Crippen LogP contribution >= 0.6 is 0 Å². The van der Waals surface area contributed by atoms with Crippen LogP contribution in [0, 0.1) is 6.92 Å². The highest BCUT2D eigenvalue weighted by Crippen LogP contribution is 2.14. The molecular weight excluding hydrogens is 126 g/mol. The van der Waals surface area contributed by atoms with Crippen molar-refractivity contribution in [3.63, 3.8) is 0 Å². The number of nitrogens with zero attached hydrogens (tertiary/aromatic N) is 1. The van der Waals surface area contributed by atoms with Crippen LogP contribution in [0.2, 0.25) is 0 Å². The molecule has 10 heavy (non-hydrogen) atoms. The minimum atomic E-state index is -0.386. The predicted molar refractivity (Wildman–Crippen MR) is 39.6 cm³/mol. The van der Waals surface area contributed by atoms with Gasteiger partial charge in [0.25, 0.3) is 0 Å². The van der Waals surface area contributed by atoms with Crippen molar-refractivity contribution >= 4 is 0 Å². The lowest BCUT2D eigenvalue weighted by Crippen LogP contribution is -1.94. The van der Waals surface area contributed by atoms with E-state index in [9.17, 15) is 5.11 Å². The quantitative estimate of drug-likeness (QED) is 0.635. The fraction of sp³-hybridized carbons (Fsp3) is 0.375. The minimum absolute atomic E-state index is 0.386. The molecule has 1 aromatic rings. The number of aliphatic hydroxyl groups excluding tert-OH is 1. The highest BCUT2D eigenvalue weighted by atomic mass is 16.3. The summed E-state index contributed by atoms with van der Waals surface area (Å²) in [5, 5.41) is 9.18. The molecule has 0 aromatic carbocycles. The Morgan fingerprint density at radius 2 is 2.30 bits per heavy atom. The molecule has 0 radical (unpaired) electrons. The highest BCUT2D eigenvalue weighted by Gasteiger charge is 2.01. The molecule has 0 bridgehead atoms. The molecule has 0 saturated heterocycles. The first-order valence-corrected chi connectivity index (χ1v) is 3.30. The maximum absolute atomic E-state index is 9.18. The smallest absolute Gasteiger partial charge is 0.0765 e. The summed E-state index contributed by atoms with van der Waals surface area (Å²) in [5.41, 5.74) is 1.99. The second-order valence-corrected chi connectivity index (χ2v) is 2.41. The first-order chi connectivity index (χ1) is 4.72. The molecule has 1 aromatic heterocycles. The molecule has 1 unspecified atom stereocenters. The lowest BCUT2D eigenvalue weighted by atomic mass is 10.1. The SMILES string of the molecule is Cc1cnccc1C(C)O. The molecule has 0 amide bonds. The van der Waals surface area contributed by atoms with Crippen molar-refractivity contribution in [1.29, 1.82) is 0 Å². The largest absolute Gasteiger partial charge is 0.389 e. The summed E-state index contributed by atoms with van der Waals surface area (Å²) in [6.07, 6.45) is 3.06. The zero-order valence-corrected chi connectivity index (χ0v) is 6.20. The topological polar surface area (TPSA) is 33.1 Å². The van der Waals surface area contributed by atoms with Crippen LogP contribution in [0.25, 0.3) is 0 Å². The zero-order chi connectivity index (χ0) is 7.56. The van der Waals surface area contributed by atoms with Crippen molar-refractivity contribution < 1.29 is 5.11 Å². The Hall–Kier alpha value is -0.890. The fourth-order valence-corrected chi connectivity index (χ4v) is 0.953. The Labute approximate surface area is 60.5 Å². The molecule has 0 spiro atoms. The van der Waals surface area contributed by atoms with Gasteiger partial charge in [-0.05, 0) is 31.0 Å². The first-order valence-electron chi connectivity index (χ1n) is 3.30. The van der Waals surface area contributed by atoms with E-state index >= 15 is 0 Å². The number of hydrogen-bond acceptors (Lipinski definition) is 2. The number of aryl methyl sites for hydroxylation is 1. The molecule has 0 fully saturated rings. The number of hydrogen-bond donors (Lipinski definition) is 1. The third-order valence-electron chi connectivity index (χ3n) is 1.51. The molecule has 2 nitrogen and oxygen atoms in total. The average molecular weight is 137 g/mol. The van der Waals surface area contributed by atoms with E-state index in [4.69, 9.17) is 0 Å². The maximum atomic E-state index is 9.18. The van der Waals surface area contributed by atoms with Crippen LogP contribution < -0.4 is 0 Å². The van der Waals surface area contributed by atoms with Gasteiger partial charge in [-0.15, -0.1) is 0 Å². The normalized spacial score (nSPS) is 13.1. The molecule has 0 aliphatic carbocycles. The van der Waals surface area contributed by atoms with E-state index in [1.165, 1.54) is 0 Å². The van der Waals surface area contributed by atoms with Crippen molar-refractivity contribution in [2.75, 3.05) is 0 Å². The van der Waals surface area contributed by atoms with Crippen LogP contribution in [0.3, 0.4) is 0 Å². The van der Waals surface area contributed by atoms with Gasteiger partial charge in [-0.3, -0.25) is 4.98 Å². The lowest BCUT2D eigenvalue weighted by molar-refractivity contribution is 0.198. The third-order valence-corrected chi connectivity index (χ3v) is 1.51. The van der Waals surface area contributed by atoms with Crippen molar-refractivity contribution in [1.82, 2.24) is 4.98 Å². The summed E-state index contributed by atoms with van der Waals surface area (Å²) in [6.45, 7) is 3.69. The number of aromatic nitrogens is 1. The Morgan fingerprint density at radius 1 is 1.60 bits per heavy atom. The van der Waals surface area contributed by atoms with Crippen molar-refractivity contribution in [3.05, 3.63) is 29.6 Å². The van der Waals surface area contributed by atoms with Gasteiger partial charge in [0.2, 0.25) is 0 Å². The van der Waals surface area contributed by atoms with Gasteiger partial charge < -0.3 is 5.11 Å². The lowest BCUT2D eigenvalue weighted by Gasteiger charge is -2.05. The van der Waals surface area contributed by atoms with Crippen molar-refractivity contribution in [2.24, 2.45) is 0 Å². The van der Waals surface area contributed by atoms with Crippen LogP contribution in [-0.4, -0.2) is 10.1 Å². The molecule has 1 heterocycles. The second-order valence-electron chi connectivity index (χ2n) is 2.41. The Morgan fingerprint density at radius 3 is 2.70 bits per heavy atom. The summed E-state index contributed by atoms with van der Waals surface area (Å²) >= 11 is 0. The van der Waals surface area contributed by atoms with Crippen LogP contribution in [0.15, 0.2) is 18.5 Å². The van der Waals surface area contributed by atoms with Crippen LogP contribution in [-0.2, 0) is 0 Å². The summed E-state index contributed by atoms with van der Waals surface area (Å²) in [5.74, 6) is 0. The van der Waals surface area contributed by atoms with Crippen molar-refractivity contribution in [3.8, 4) is 0 Å². The van der Waals surface area contributed by atoms with E-state index in [1.807, 2.05) is 13.0 Å². The predicted octanol–water partition coefficient (Wildman–Crippen LogP) is 1.44. The van der Waals surface area contributed by atoms with E-state index in [2.05, 4.69) is 4.98 Å². The summed E-state index contributed by atoms with van der Waals surface area (Å²) in [7, 11) is 0. The monoisotopic (exact) mass is 137 g/mol. The summed E-state index contributed by atoms with van der Waals surface area (Å²) in [6, 6.07) is 1.83. The van der Waals surface area contributed by atoms with Gasteiger partial charge >= 0.3 is 0 Å². The van der Waals surface area contributed by atoms with Gasteiger partial charge in [-0.25, -0.2) is 0 Å². The fourth-order valence-electron chi connectivity index (χ4n) is 0.953. The van der Waals surface area contributed by atoms with Crippen molar-refractivity contribution in [2.45, 2.75) is 20.0 Å². The second kappa shape index (κ2) is 2.80. The summed E-state index contributed by atoms with van der Waals surface area (Å²) < 4.78 is 0. The maximum Gasteiger partial charge on any atom is 0.0765 e.